The van der Waals surface area contributed by atoms with E-state index in [0.29, 0.717) is 0 Å². The molecule has 2 aromatic rings. The molecule has 127 valence electrons. The molecule has 2 N–H and O–H groups in total. The zero-order valence-electron chi connectivity index (χ0n) is 11.6. The molecule has 0 amide bonds. The Hall–Kier alpha value is -2.82. The number of alkyl halides is 3. The number of nitrogens with zero attached hydrogens (tertiary/aromatic N) is 1. The Balaban J connectivity index is 2.55. The van der Waals surface area contributed by atoms with Gasteiger partial charge in [0, 0.05) is 6.07 Å². The van der Waals surface area contributed by atoms with Gasteiger partial charge in [0.05, 0.1) is 22.2 Å². The minimum Gasteiger partial charge on any atom is -0.396 e. The van der Waals surface area contributed by atoms with Crippen LogP contribution in [0.5, 0.6) is 5.75 Å². The molecule has 1 radical (unpaired) electrons. The molecule has 0 aromatic heterocycles. The van der Waals surface area contributed by atoms with Gasteiger partial charge in [0.1, 0.15) is 4.90 Å². The molecule has 24 heavy (non-hydrogen) atoms. The smallest absolute Gasteiger partial charge is 0.396 e. The Morgan fingerprint density at radius 2 is 1.83 bits per heavy atom. The van der Waals surface area contributed by atoms with Crippen molar-refractivity contribution in [2.45, 2.75) is 11.1 Å². The van der Waals surface area contributed by atoms with E-state index in [1.165, 1.54) is 24.3 Å². The standard InChI is InChI=1S/C13H8F3N2O5S/c14-13(15,16)8-5-9(18(19)20)7-10(6-8)24(21,22)23-12-4-2-1-3-11(12)17/h1-6H,17H2. The Labute approximate surface area is 133 Å². The van der Waals surface area contributed by atoms with E-state index < -0.39 is 37.4 Å². The summed E-state index contributed by atoms with van der Waals surface area (Å²) in [6, 6.07) is 7.51. The summed E-state index contributed by atoms with van der Waals surface area (Å²) in [6.07, 6.45) is -4.99. The second-order valence-corrected chi connectivity index (χ2v) is 5.96. The van der Waals surface area contributed by atoms with Crippen LogP contribution in [0, 0.1) is 16.2 Å². The van der Waals surface area contributed by atoms with Gasteiger partial charge >= 0.3 is 16.3 Å². The molecular formula is C13H8F3N2O5S. The number of benzene rings is 2. The van der Waals surface area contributed by atoms with Crippen LogP contribution in [0.25, 0.3) is 0 Å². The fraction of sp³-hybridized carbons (Fsp3) is 0.0769. The van der Waals surface area contributed by atoms with Crippen LogP contribution >= 0.6 is 0 Å². The minimum absolute atomic E-state index is 0.0810. The predicted octanol–water partition coefficient (Wildman–Crippen LogP) is 2.76. The number of nitro benzene ring substituents is 1. The number of hydrogen-bond acceptors (Lipinski definition) is 6. The molecule has 7 nitrogen and oxygen atoms in total. The van der Waals surface area contributed by atoms with Crippen molar-refractivity contribution in [1.82, 2.24) is 0 Å². The fourth-order valence-electron chi connectivity index (χ4n) is 1.64. The normalized spacial score (nSPS) is 12.0. The first-order valence-electron chi connectivity index (χ1n) is 6.08. The number of hydrogen-bond donors (Lipinski definition) is 1. The highest BCUT2D eigenvalue weighted by molar-refractivity contribution is 7.87. The third-order valence-electron chi connectivity index (χ3n) is 2.74. The van der Waals surface area contributed by atoms with Crippen LogP contribution in [0.1, 0.15) is 5.56 Å². The molecule has 0 saturated heterocycles. The third kappa shape index (κ3) is 3.74. The van der Waals surface area contributed by atoms with E-state index in [2.05, 4.69) is 4.18 Å². The monoisotopic (exact) mass is 361 g/mol. The lowest BCUT2D eigenvalue weighted by Gasteiger charge is -2.11. The van der Waals surface area contributed by atoms with Crippen molar-refractivity contribution < 1.29 is 30.7 Å². The van der Waals surface area contributed by atoms with Gasteiger partial charge in [-0.25, -0.2) is 0 Å². The van der Waals surface area contributed by atoms with Gasteiger partial charge in [-0.1, -0.05) is 12.1 Å². The van der Waals surface area contributed by atoms with Gasteiger partial charge in [0.2, 0.25) is 0 Å². The van der Waals surface area contributed by atoms with Crippen LogP contribution in [0.4, 0.5) is 24.5 Å². The highest BCUT2D eigenvalue weighted by Crippen LogP contribution is 2.34. The largest absolute Gasteiger partial charge is 0.416 e. The summed E-state index contributed by atoms with van der Waals surface area (Å²) in [5.74, 6) is -0.328. The number of para-hydroxylation sites is 2. The van der Waals surface area contributed by atoms with E-state index in [1.807, 2.05) is 0 Å². The van der Waals surface area contributed by atoms with Crippen LogP contribution in [-0.2, 0) is 16.3 Å². The maximum Gasteiger partial charge on any atom is 0.416 e. The topological polar surface area (TPSA) is 113 Å². The number of rotatable bonds is 4. The Morgan fingerprint density at radius 1 is 1.21 bits per heavy atom. The van der Waals surface area contributed by atoms with Crippen molar-refractivity contribution in [3.05, 3.63) is 58.1 Å². The van der Waals surface area contributed by atoms with Crippen LogP contribution in [0.3, 0.4) is 0 Å². The lowest BCUT2D eigenvalue weighted by Crippen LogP contribution is -2.14. The number of non-ortho nitro benzene ring substituents is 1. The minimum atomic E-state index is -4.99. The zero-order chi connectivity index (χ0) is 18.1. The quantitative estimate of drug-likeness (QED) is 0.388. The van der Waals surface area contributed by atoms with Gasteiger partial charge in [0.15, 0.2) is 5.75 Å². The molecule has 0 aliphatic rings. The molecular weight excluding hydrogens is 353 g/mol. The second kappa shape index (κ2) is 6.00. The summed E-state index contributed by atoms with van der Waals surface area (Å²) in [6.45, 7) is 0. The number of nitrogens with two attached hydrogens (primary N) is 1. The van der Waals surface area contributed by atoms with Crippen molar-refractivity contribution in [3.63, 3.8) is 0 Å². The number of nitro groups is 1. The first-order chi connectivity index (χ1) is 11.0. The van der Waals surface area contributed by atoms with E-state index in [4.69, 9.17) is 5.73 Å². The number of anilines is 1. The molecule has 0 bridgehead atoms. The SMILES string of the molecule is Nc1ccccc1OS(=O)(=O)c1[c]c([N+](=O)[O-])cc(C(F)(F)F)c1. The van der Waals surface area contributed by atoms with Crippen molar-refractivity contribution in [2.24, 2.45) is 0 Å². The van der Waals surface area contributed by atoms with Crippen LogP contribution in [0.15, 0.2) is 41.3 Å². The van der Waals surface area contributed by atoms with Crippen molar-refractivity contribution in [1.29, 1.82) is 0 Å². The Morgan fingerprint density at radius 3 is 2.38 bits per heavy atom. The van der Waals surface area contributed by atoms with Crippen molar-refractivity contribution in [2.75, 3.05) is 5.73 Å². The molecule has 0 spiro atoms. The molecule has 0 heterocycles. The van der Waals surface area contributed by atoms with Crippen LogP contribution < -0.4 is 9.92 Å². The summed E-state index contributed by atoms with van der Waals surface area (Å²) in [4.78, 5) is 8.40. The van der Waals surface area contributed by atoms with Gasteiger partial charge < -0.3 is 9.92 Å². The highest BCUT2D eigenvalue weighted by atomic mass is 32.2. The first-order valence-corrected chi connectivity index (χ1v) is 7.49. The van der Waals surface area contributed by atoms with Gasteiger partial charge in [-0.3, -0.25) is 10.1 Å². The Kier molecular flexibility index (Phi) is 4.38. The fourth-order valence-corrected chi connectivity index (χ4v) is 2.62. The van der Waals surface area contributed by atoms with Crippen molar-refractivity contribution >= 4 is 21.5 Å². The zero-order valence-corrected chi connectivity index (χ0v) is 12.4. The molecule has 0 aliphatic heterocycles. The lowest BCUT2D eigenvalue weighted by molar-refractivity contribution is -0.385. The predicted molar refractivity (Wildman–Crippen MR) is 75.6 cm³/mol. The van der Waals surface area contributed by atoms with E-state index >= 15 is 0 Å². The second-order valence-electron chi connectivity index (χ2n) is 4.45. The summed E-state index contributed by atoms with van der Waals surface area (Å²) >= 11 is 0. The lowest BCUT2D eigenvalue weighted by atomic mass is 10.2. The molecule has 0 saturated carbocycles. The molecule has 0 fully saturated rings. The molecule has 0 atom stereocenters. The number of halogens is 3. The van der Waals surface area contributed by atoms with Gasteiger partial charge in [-0.15, -0.1) is 0 Å². The van der Waals surface area contributed by atoms with Gasteiger partial charge in [0.25, 0.3) is 5.69 Å². The molecule has 0 unspecified atom stereocenters. The number of nitrogen functional groups attached to an aromatic ring is 1. The van der Waals surface area contributed by atoms with E-state index in [9.17, 15) is 31.7 Å². The van der Waals surface area contributed by atoms with E-state index in [1.54, 1.807) is 6.07 Å². The Bertz CT molecular complexity index is 897. The third-order valence-corrected chi connectivity index (χ3v) is 3.90. The highest BCUT2D eigenvalue weighted by Gasteiger charge is 2.35. The van der Waals surface area contributed by atoms with E-state index in [0.717, 1.165) is 0 Å². The molecule has 11 heteroatoms. The maximum absolute atomic E-state index is 12.8. The summed E-state index contributed by atoms with van der Waals surface area (Å²) in [5.41, 5.74) is 2.74. The van der Waals surface area contributed by atoms with Gasteiger partial charge in [-0.2, -0.15) is 21.6 Å². The average molecular weight is 361 g/mol. The molecule has 2 rings (SSSR count). The summed E-state index contributed by atoms with van der Waals surface area (Å²) < 4.78 is 67.3. The summed E-state index contributed by atoms with van der Waals surface area (Å²) in [5, 5.41) is 10.7. The maximum atomic E-state index is 12.8. The average Bonchev–Trinajstić information content (AvgIpc) is 2.48. The molecule has 0 aliphatic carbocycles. The van der Waals surface area contributed by atoms with Crippen molar-refractivity contribution in [3.8, 4) is 5.75 Å². The van der Waals surface area contributed by atoms with Crippen LogP contribution in [0.2, 0.25) is 0 Å². The first kappa shape index (κ1) is 17.5. The summed E-state index contributed by atoms with van der Waals surface area (Å²) in [7, 11) is -4.81. The van der Waals surface area contributed by atoms with E-state index in [-0.39, 0.29) is 23.6 Å². The molecule has 2 aromatic carbocycles. The van der Waals surface area contributed by atoms with Crippen LogP contribution in [-0.4, -0.2) is 13.3 Å². The van der Waals surface area contributed by atoms with Gasteiger partial charge in [-0.05, 0) is 18.2 Å².